The van der Waals surface area contributed by atoms with Crippen LogP contribution in [0.1, 0.15) is 60.8 Å². The number of hydrogen-bond donors (Lipinski definition) is 3. The number of carbonyl (C=O) groups excluding carboxylic acids is 3. The molecule has 154 valence electrons. The number of hydrazine groups is 1. The molecule has 0 radical (unpaired) electrons. The lowest BCUT2D eigenvalue weighted by atomic mass is 9.65. The molecule has 1 aliphatic heterocycles. The third-order valence-corrected chi connectivity index (χ3v) is 6.18. The zero-order chi connectivity index (χ0) is 21.2. The van der Waals surface area contributed by atoms with Gasteiger partial charge in [0.1, 0.15) is 0 Å². The van der Waals surface area contributed by atoms with Crippen molar-refractivity contribution in [2.24, 2.45) is 40.3 Å². The van der Waals surface area contributed by atoms with Gasteiger partial charge in [0.05, 0.1) is 23.7 Å². The molecule has 4 atom stereocenters. The second-order valence-corrected chi connectivity index (χ2v) is 8.81. The summed E-state index contributed by atoms with van der Waals surface area (Å²) in [4.78, 5) is 48.1. The van der Waals surface area contributed by atoms with Crippen molar-refractivity contribution in [3.8, 4) is 0 Å². The smallest absolute Gasteiger partial charge is 0.318 e. The van der Waals surface area contributed by atoms with Gasteiger partial charge >= 0.3 is 17.9 Å². The Morgan fingerprint density at radius 2 is 1.78 bits per heavy atom. The predicted molar refractivity (Wildman–Crippen MR) is 97.8 cm³/mol. The van der Waals surface area contributed by atoms with Gasteiger partial charge < -0.3 is 9.84 Å². The van der Waals surface area contributed by atoms with Crippen LogP contribution >= 0.6 is 0 Å². The summed E-state index contributed by atoms with van der Waals surface area (Å²) in [6.07, 6.45) is 1.35. The fraction of sp³-hybridized carbons (Fsp3) is 0.789. The van der Waals surface area contributed by atoms with E-state index in [1.807, 2.05) is 26.2 Å². The summed E-state index contributed by atoms with van der Waals surface area (Å²) in [6, 6.07) is 0. The molecule has 0 bridgehead atoms. The molecule has 1 rings (SSSR count). The summed E-state index contributed by atoms with van der Waals surface area (Å²) < 4.78 is 4.88. The highest BCUT2D eigenvalue weighted by Crippen LogP contribution is 2.45. The van der Waals surface area contributed by atoms with Gasteiger partial charge in [-0.15, -0.1) is 0 Å². The highest BCUT2D eigenvalue weighted by molar-refractivity contribution is 5.96. The van der Waals surface area contributed by atoms with Crippen molar-refractivity contribution < 1.29 is 29.0 Å². The first-order valence-electron chi connectivity index (χ1n) is 9.29. The largest absolute Gasteiger partial charge is 0.481 e. The van der Waals surface area contributed by atoms with Crippen LogP contribution < -0.4 is 11.3 Å². The van der Waals surface area contributed by atoms with Crippen LogP contribution in [0.4, 0.5) is 0 Å². The van der Waals surface area contributed by atoms with Gasteiger partial charge in [-0.3, -0.25) is 24.6 Å². The molecular formula is C19H32N2O6. The van der Waals surface area contributed by atoms with Crippen LogP contribution in [-0.2, 0) is 23.9 Å². The highest BCUT2D eigenvalue weighted by atomic mass is 16.6. The third kappa shape index (κ3) is 4.86. The molecule has 1 saturated heterocycles. The fourth-order valence-electron chi connectivity index (χ4n) is 4.10. The standard InChI is InChI=1S/C19H32N2O6/c1-7-18(3,4)13-11(16(25)27-17(13)26)8-9-19(5,6)12(15(23)24)10(2)14(22)21-20/h10-13H,7-9,20H2,1-6H3,(H,21,22)(H,23,24). The minimum absolute atomic E-state index is 0.312. The summed E-state index contributed by atoms with van der Waals surface area (Å²) in [5.74, 6) is -0.587. The molecule has 0 aliphatic carbocycles. The molecule has 0 aromatic rings. The number of carboxylic acids is 1. The molecule has 27 heavy (non-hydrogen) atoms. The van der Waals surface area contributed by atoms with E-state index in [2.05, 4.69) is 0 Å². The molecule has 0 saturated carbocycles. The lowest BCUT2D eigenvalue weighted by Crippen LogP contribution is -2.45. The molecule has 8 nitrogen and oxygen atoms in total. The van der Waals surface area contributed by atoms with Crippen molar-refractivity contribution in [3.05, 3.63) is 0 Å². The van der Waals surface area contributed by atoms with E-state index >= 15 is 0 Å². The minimum Gasteiger partial charge on any atom is -0.481 e. The summed E-state index contributed by atoms with van der Waals surface area (Å²) in [7, 11) is 0. The molecule has 1 heterocycles. The Kier molecular flexibility index (Phi) is 7.16. The number of rotatable bonds is 9. The molecule has 1 aliphatic rings. The number of ether oxygens (including phenoxy) is 1. The molecule has 1 amide bonds. The van der Waals surface area contributed by atoms with Gasteiger partial charge in [0.2, 0.25) is 5.91 Å². The van der Waals surface area contributed by atoms with Gasteiger partial charge in [0.25, 0.3) is 0 Å². The fourth-order valence-corrected chi connectivity index (χ4v) is 4.10. The van der Waals surface area contributed by atoms with Crippen molar-refractivity contribution in [3.63, 3.8) is 0 Å². The number of hydrogen-bond acceptors (Lipinski definition) is 6. The van der Waals surface area contributed by atoms with Crippen molar-refractivity contribution in [1.82, 2.24) is 5.43 Å². The zero-order valence-corrected chi connectivity index (χ0v) is 17.0. The highest BCUT2D eigenvalue weighted by Gasteiger charge is 2.52. The van der Waals surface area contributed by atoms with Crippen LogP contribution in [0.2, 0.25) is 0 Å². The number of nitrogens with one attached hydrogen (secondary N) is 1. The van der Waals surface area contributed by atoms with Gasteiger partial charge in [-0.05, 0) is 23.7 Å². The maximum Gasteiger partial charge on any atom is 0.318 e. The van der Waals surface area contributed by atoms with E-state index in [9.17, 15) is 24.3 Å². The number of carbonyl (C=O) groups is 4. The Balaban J connectivity index is 3.04. The first-order chi connectivity index (χ1) is 12.3. The maximum absolute atomic E-state index is 12.2. The number of esters is 2. The molecule has 4 N–H and O–H groups in total. The Labute approximate surface area is 160 Å². The average Bonchev–Trinajstić information content (AvgIpc) is 2.85. The summed E-state index contributed by atoms with van der Waals surface area (Å²) >= 11 is 0. The van der Waals surface area contributed by atoms with E-state index in [1.165, 1.54) is 6.92 Å². The van der Waals surface area contributed by atoms with Crippen LogP contribution in [0.15, 0.2) is 0 Å². The Morgan fingerprint density at radius 1 is 1.22 bits per heavy atom. The number of carboxylic acid groups (broad SMARTS) is 1. The van der Waals surface area contributed by atoms with Crippen molar-refractivity contribution in [1.29, 1.82) is 0 Å². The summed E-state index contributed by atoms with van der Waals surface area (Å²) in [6.45, 7) is 10.8. The predicted octanol–water partition coefficient (Wildman–Crippen LogP) is 1.87. The lowest BCUT2D eigenvalue weighted by Gasteiger charge is -2.36. The SMILES string of the molecule is CCC(C)(C)C1C(=O)OC(=O)C1CCC(C)(C)C(C(=O)O)C(C)C(=O)NN. The van der Waals surface area contributed by atoms with Gasteiger partial charge in [-0.25, -0.2) is 5.84 Å². The second-order valence-electron chi connectivity index (χ2n) is 8.81. The molecule has 0 spiro atoms. The van der Waals surface area contributed by atoms with E-state index in [-0.39, 0.29) is 0 Å². The molecule has 0 aromatic heterocycles. The molecule has 8 heteroatoms. The molecule has 1 fully saturated rings. The van der Waals surface area contributed by atoms with Crippen LogP contribution in [-0.4, -0.2) is 28.9 Å². The Morgan fingerprint density at radius 3 is 2.22 bits per heavy atom. The topological polar surface area (TPSA) is 136 Å². The molecular weight excluding hydrogens is 352 g/mol. The molecule has 0 aromatic carbocycles. The first-order valence-corrected chi connectivity index (χ1v) is 9.29. The van der Waals surface area contributed by atoms with Crippen LogP contribution in [0.25, 0.3) is 0 Å². The summed E-state index contributed by atoms with van der Waals surface area (Å²) in [5.41, 5.74) is 0.789. The number of amides is 1. The van der Waals surface area contributed by atoms with Crippen molar-refractivity contribution in [2.75, 3.05) is 0 Å². The quantitative estimate of drug-likeness (QED) is 0.181. The van der Waals surface area contributed by atoms with E-state index in [4.69, 9.17) is 10.6 Å². The average molecular weight is 384 g/mol. The third-order valence-electron chi connectivity index (χ3n) is 6.18. The van der Waals surface area contributed by atoms with Crippen LogP contribution in [0.5, 0.6) is 0 Å². The zero-order valence-electron chi connectivity index (χ0n) is 17.0. The lowest BCUT2D eigenvalue weighted by molar-refractivity contribution is -0.154. The maximum atomic E-state index is 12.2. The van der Waals surface area contributed by atoms with Gasteiger partial charge in [0.15, 0.2) is 0 Å². The van der Waals surface area contributed by atoms with E-state index in [0.29, 0.717) is 19.3 Å². The Bertz CT molecular complexity index is 613. The van der Waals surface area contributed by atoms with Crippen molar-refractivity contribution in [2.45, 2.75) is 60.8 Å². The van der Waals surface area contributed by atoms with E-state index in [0.717, 1.165) is 0 Å². The van der Waals surface area contributed by atoms with Gasteiger partial charge in [0, 0.05) is 0 Å². The summed E-state index contributed by atoms with van der Waals surface area (Å²) in [5, 5.41) is 9.66. The van der Waals surface area contributed by atoms with Gasteiger partial charge in [-0.2, -0.15) is 0 Å². The second kappa shape index (κ2) is 8.37. The first kappa shape index (κ1) is 23.1. The Hall–Kier alpha value is -1.96. The number of aliphatic carboxylic acids is 1. The minimum atomic E-state index is -1.10. The van der Waals surface area contributed by atoms with E-state index < -0.39 is 58.3 Å². The van der Waals surface area contributed by atoms with Crippen LogP contribution in [0.3, 0.4) is 0 Å². The number of nitrogens with two attached hydrogens (primary N) is 1. The van der Waals surface area contributed by atoms with E-state index in [1.54, 1.807) is 13.8 Å². The normalized spacial score (nSPS) is 22.9. The van der Waals surface area contributed by atoms with Crippen LogP contribution in [0, 0.1) is 34.5 Å². The monoisotopic (exact) mass is 384 g/mol. The van der Waals surface area contributed by atoms with Gasteiger partial charge in [-0.1, -0.05) is 48.0 Å². The number of cyclic esters (lactones) is 2. The van der Waals surface area contributed by atoms with Crippen molar-refractivity contribution >= 4 is 23.8 Å². The molecule has 4 unspecified atom stereocenters.